The van der Waals surface area contributed by atoms with Crippen LogP contribution in [0.15, 0.2) is 0 Å². The Morgan fingerprint density at radius 1 is 0.600 bits per heavy atom. The fourth-order valence-corrected chi connectivity index (χ4v) is 0. The Morgan fingerprint density at radius 2 is 0.600 bits per heavy atom. The number of rotatable bonds is 0. The minimum absolute atomic E-state index is 0. The van der Waals surface area contributed by atoms with Gasteiger partial charge in [-0.15, -0.1) is 0 Å². The SMILES string of the molecule is [Cl-].[Cl-].[Cl-].[Cu+2].[Na+]. The molecule has 0 aromatic heterocycles. The number of hydrogen-bond donors (Lipinski definition) is 0. The van der Waals surface area contributed by atoms with Crippen LogP contribution in [0.3, 0.4) is 0 Å². The summed E-state index contributed by atoms with van der Waals surface area (Å²) in [5.74, 6) is 0. The molecule has 0 saturated carbocycles. The minimum Gasteiger partial charge on any atom is -1.00 e. The molecule has 0 N–H and O–H groups in total. The standard InChI is InChI=1S/3ClH.Cu.Na/h3*1H;;/q;;;+2;+1/p-3. The Kier molecular flexibility index (Phi) is 343. The second-order valence-corrected chi connectivity index (χ2v) is 0. The van der Waals surface area contributed by atoms with Gasteiger partial charge < -0.3 is 37.2 Å². The summed E-state index contributed by atoms with van der Waals surface area (Å²) in [5.41, 5.74) is 0. The molecule has 0 amide bonds. The first-order chi connectivity index (χ1) is 0. The molecule has 0 fully saturated rings. The zero-order valence-electron chi connectivity index (χ0n) is 2.44. The molecule has 0 aromatic rings. The molecule has 33 valence electrons. The van der Waals surface area contributed by atoms with Crippen LogP contribution in [0.1, 0.15) is 0 Å². The van der Waals surface area contributed by atoms with Crippen molar-refractivity contribution in [2.75, 3.05) is 0 Å². The maximum atomic E-state index is 0. The van der Waals surface area contributed by atoms with Crippen molar-refractivity contribution in [1.82, 2.24) is 0 Å². The van der Waals surface area contributed by atoms with E-state index in [4.69, 9.17) is 0 Å². The summed E-state index contributed by atoms with van der Waals surface area (Å²) < 4.78 is 0. The van der Waals surface area contributed by atoms with E-state index in [2.05, 4.69) is 0 Å². The van der Waals surface area contributed by atoms with Gasteiger partial charge in [0.25, 0.3) is 0 Å². The molecule has 0 saturated heterocycles. The van der Waals surface area contributed by atoms with Gasteiger partial charge in [-0.3, -0.25) is 0 Å². The van der Waals surface area contributed by atoms with E-state index in [9.17, 15) is 0 Å². The van der Waals surface area contributed by atoms with Crippen LogP contribution in [0.4, 0.5) is 0 Å². The third kappa shape index (κ3) is 21.6. The average molecular weight is 193 g/mol. The second-order valence-electron chi connectivity index (χ2n) is 0. The quantitative estimate of drug-likeness (QED) is 0.335. The Bertz CT molecular complexity index is 6.85. The van der Waals surface area contributed by atoms with Crippen molar-refractivity contribution in [1.29, 1.82) is 0 Å². The Labute approximate surface area is 82.8 Å². The maximum absolute atomic E-state index is 0. The smallest absolute Gasteiger partial charge is 1.00 e. The zero-order valence-corrected chi connectivity index (χ0v) is 7.64. The van der Waals surface area contributed by atoms with E-state index in [0.29, 0.717) is 0 Å². The van der Waals surface area contributed by atoms with E-state index in [-0.39, 0.29) is 83.8 Å². The van der Waals surface area contributed by atoms with Crippen molar-refractivity contribution in [3.05, 3.63) is 0 Å². The van der Waals surface area contributed by atoms with Crippen LogP contribution in [-0.2, 0) is 17.1 Å². The first-order valence-corrected chi connectivity index (χ1v) is 0. The fraction of sp³-hybridized carbons (Fsp3) is 0. The van der Waals surface area contributed by atoms with E-state index >= 15 is 0 Å². The predicted molar refractivity (Wildman–Crippen MR) is 0 cm³/mol. The summed E-state index contributed by atoms with van der Waals surface area (Å²) in [6.45, 7) is 0. The summed E-state index contributed by atoms with van der Waals surface area (Å²) in [6, 6.07) is 0. The van der Waals surface area contributed by atoms with Crippen LogP contribution in [0, 0.1) is 0 Å². The first-order valence-electron chi connectivity index (χ1n) is 0. The molecule has 0 unspecified atom stereocenters. The van der Waals surface area contributed by atoms with Crippen molar-refractivity contribution in [2.45, 2.75) is 0 Å². The van der Waals surface area contributed by atoms with E-state index in [1.54, 1.807) is 0 Å². The van der Waals surface area contributed by atoms with E-state index in [1.807, 2.05) is 0 Å². The maximum Gasteiger partial charge on any atom is 2.00 e. The summed E-state index contributed by atoms with van der Waals surface area (Å²) in [4.78, 5) is 0. The van der Waals surface area contributed by atoms with Gasteiger partial charge in [0, 0.05) is 0 Å². The molecule has 0 aliphatic rings. The Morgan fingerprint density at radius 3 is 0.600 bits per heavy atom. The second kappa shape index (κ2) is 32.5. The molecule has 0 aliphatic heterocycles. The molecule has 0 aromatic carbocycles. The number of halogens is 3. The van der Waals surface area contributed by atoms with E-state index < -0.39 is 0 Å². The molecular weight excluding hydrogens is 193 g/mol. The molecule has 5 heavy (non-hydrogen) atoms. The van der Waals surface area contributed by atoms with Gasteiger partial charge in [0.05, 0.1) is 0 Å². The monoisotopic (exact) mass is 191 g/mol. The Hall–Kier alpha value is 2.39. The fourth-order valence-electron chi connectivity index (χ4n) is 0. The van der Waals surface area contributed by atoms with Crippen LogP contribution in [0.25, 0.3) is 0 Å². The molecule has 0 aliphatic carbocycles. The molecule has 0 spiro atoms. The van der Waals surface area contributed by atoms with Crippen molar-refractivity contribution >= 4 is 0 Å². The third-order valence-corrected chi connectivity index (χ3v) is 0. The van der Waals surface area contributed by atoms with Crippen molar-refractivity contribution in [2.24, 2.45) is 0 Å². The van der Waals surface area contributed by atoms with Crippen LogP contribution in [0.2, 0.25) is 0 Å². The third-order valence-electron chi connectivity index (χ3n) is 0. The normalized spacial score (nSPS) is 0. The van der Waals surface area contributed by atoms with Gasteiger partial charge in [0.1, 0.15) is 0 Å². The summed E-state index contributed by atoms with van der Waals surface area (Å²) in [6.07, 6.45) is 0. The van der Waals surface area contributed by atoms with Gasteiger partial charge in [-0.25, -0.2) is 0 Å². The van der Waals surface area contributed by atoms with Gasteiger partial charge in [-0.2, -0.15) is 0 Å². The largest absolute Gasteiger partial charge is 2.00 e. The molecule has 0 heterocycles. The van der Waals surface area contributed by atoms with Crippen molar-refractivity contribution in [3.8, 4) is 0 Å². The molecule has 0 atom stereocenters. The first kappa shape index (κ1) is 52.8. The van der Waals surface area contributed by atoms with Gasteiger partial charge in [-0.1, -0.05) is 0 Å². The topological polar surface area (TPSA) is 0 Å². The number of hydrogen-bond acceptors (Lipinski definition) is 0. The molecule has 0 nitrogen and oxygen atoms in total. The van der Waals surface area contributed by atoms with Gasteiger partial charge in [-0.05, 0) is 0 Å². The molecule has 0 rings (SSSR count). The summed E-state index contributed by atoms with van der Waals surface area (Å²) >= 11 is 0. The van der Waals surface area contributed by atoms with E-state index in [1.165, 1.54) is 0 Å². The van der Waals surface area contributed by atoms with Crippen LogP contribution >= 0.6 is 0 Å². The molecular formula is Cl3CuNa. The van der Waals surface area contributed by atoms with Gasteiger partial charge in [0.2, 0.25) is 0 Å². The van der Waals surface area contributed by atoms with Gasteiger partial charge in [0.15, 0.2) is 0 Å². The summed E-state index contributed by atoms with van der Waals surface area (Å²) in [7, 11) is 0. The van der Waals surface area contributed by atoms with Crippen LogP contribution in [-0.4, -0.2) is 0 Å². The molecule has 5 heteroatoms. The van der Waals surface area contributed by atoms with Crippen LogP contribution in [0.5, 0.6) is 0 Å². The van der Waals surface area contributed by atoms with Crippen molar-refractivity contribution < 1.29 is 83.8 Å². The molecule has 1 radical (unpaired) electrons. The van der Waals surface area contributed by atoms with Crippen LogP contribution < -0.4 is 66.8 Å². The summed E-state index contributed by atoms with van der Waals surface area (Å²) in [5, 5.41) is 0. The van der Waals surface area contributed by atoms with Crippen molar-refractivity contribution in [3.63, 3.8) is 0 Å². The van der Waals surface area contributed by atoms with E-state index in [0.717, 1.165) is 0 Å². The Balaban J connectivity index is 0. The average Bonchev–Trinajstić information content (AvgIpc) is 0. The van der Waals surface area contributed by atoms with Gasteiger partial charge >= 0.3 is 46.6 Å². The minimum atomic E-state index is 0. The zero-order chi connectivity index (χ0) is 0. The predicted octanol–water partition coefficient (Wildman–Crippen LogP) is -12.0. The molecule has 0 bridgehead atoms.